The Morgan fingerprint density at radius 2 is 1.66 bits per heavy atom. The van der Waals surface area contributed by atoms with Gasteiger partial charge in [-0.05, 0) is 67.7 Å². The molecule has 2 aliphatic heterocycles. The summed E-state index contributed by atoms with van der Waals surface area (Å²) in [7, 11) is 0. The van der Waals surface area contributed by atoms with Crippen LogP contribution in [0.15, 0.2) is 42.5 Å². The van der Waals surface area contributed by atoms with Crippen LogP contribution in [-0.4, -0.2) is 40.6 Å². The summed E-state index contributed by atoms with van der Waals surface area (Å²) >= 11 is 0. The summed E-state index contributed by atoms with van der Waals surface area (Å²) in [6.45, 7) is 15.7. The van der Waals surface area contributed by atoms with Gasteiger partial charge in [0.25, 0.3) is 0 Å². The van der Waals surface area contributed by atoms with Crippen LogP contribution in [0.3, 0.4) is 0 Å². The van der Waals surface area contributed by atoms with Crippen LogP contribution in [-0.2, 0) is 30.7 Å². The fraction of sp³-hybridized carbons (Fsp3) is 0.455. The minimum Gasteiger partial charge on any atom is -0.481 e. The molecular formula is C33H41N3O2. The molecule has 3 aromatic rings. The number of aliphatic carboxylic acids is 1. The molecule has 0 aliphatic carbocycles. The topological polar surface area (TPSA) is 56.7 Å². The van der Waals surface area contributed by atoms with Crippen molar-refractivity contribution < 1.29 is 9.90 Å². The van der Waals surface area contributed by atoms with E-state index in [-0.39, 0.29) is 6.42 Å². The molecule has 5 heteroatoms. The van der Waals surface area contributed by atoms with Crippen LogP contribution in [0.25, 0.3) is 11.1 Å². The molecular weight excluding hydrogens is 470 g/mol. The van der Waals surface area contributed by atoms with Crippen molar-refractivity contribution >= 4 is 11.7 Å². The molecule has 0 saturated carbocycles. The van der Waals surface area contributed by atoms with Gasteiger partial charge in [0, 0.05) is 55.2 Å². The maximum atomic E-state index is 11.9. The van der Waals surface area contributed by atoms with E-state index in [4.69, 9.17) is 4.98 Å². The largest absolute Gasteiger partial charge is 0.481 e. The van der Waals surface area contributed by atoms with Gasteiger partial charge in [-0.3, -0.25) is 14.7 Å². The van der Waals surface area contributed by atoms with E-state index in [1.165, 1.54) is 22.3 Å². The number of rotatable bonds is 6. The Morgan fingerprint density at radius 1 is 0.947 bits per heavy atom. The van der Waals surface area contributed by atoms with Crippen LogP contribution in [0.5, 0.6) is 0 Å². The van der Waals surface area contributed by atoms with E-state index < -0.39 is 5.97 Å². The number of hydrogen-bond acceptors (Lipinski definition) is 4. The van der Waals surface area contributed by atoms with E-state index in [2.05, 4.69) is 80.0 Å². The third-order valence-electron chi connectivity index (χ3n) is 8.53. The summed E-state index contributed by atoms with van der Waals surface area (Å²) in [5, 5.41) is 9.78. The zero-order valence-corrected chi connectivity index (χ0v) is 23.6. The molecule has 0 atom stereocenters. The zero-order valence-electron chi connectivity index (χ0n) is 23.6. The summed E-state index contributed by atoms with van der Waals surface area (Å²) in [6.07, 6.45) is 3.21. The van der Waals surface area contributed by atoms with Crippen molar-refractivity contribution in [3.63, 3.8) is 0 Å². The van der Waals surface area contributed by atoms with Gasteiger partial charge in [0.2, 0.25) is 0 Å². The van der Waals surface area contributed by atoms with Gasteiger partial charge in [-0.1, -0.05) is 61.9 Å². The van der Waals surface area contributed by atoms with Gasteiger partial charge in [-0.25, -0.2) is 0 Å². The van der Waals surface area contributed by atoms with Crippen molar-refractivity contribution in [2.75, 3.05) is 24.5 Å². The van der Waals surface area contributed by atoms with E-state index in [1.807, 2.05) is 6.92 Å². The van der Waals surface area contributed by atoms with Gasteiger partial charge in [0.05, 0.1) is 12.1 Å². The number of carboxylic acid groups (broad SMARTS) is 1. The number of piperidine rings is 1. The van der Waals surface area contributed by atoms with Crippen LogP contribution in [0, 0.1) is 26.2 Å². The lowest BCUT2D eigenvalue weighted by Crippen LogP contribution is -2.38. The van der Waals surface area contributed by atoms with Crippen LogP contribution < -0.4 is 4.90 Å². The smallest absolute Gasteiger partial charge is 0.307 e. The molecule has 5 rings (SSSR count). The molecule has 200 valence electrons. The first-order chi connectivity index (χ1) is 18.1. The van der Waals surface area contributed by atoms with Gasteiger partial charge in [-0.15, -0.1) is 0 Å². The summed E-state index contributed by atoms with van der Waals surface area (Å²) < 4.78 is 0. The van der Waals surface area contributed by atoms with Crippen molar-refractivity contribution in [2.24, 2.45) is 5.41 Å². The van der Waals surface area contributed by atoms with Gasteiger partial charge in [0.1, 0.15) is 0 Å². The molecule has 3 heterocycles. The SMILES string of the molecule is Cc1ccc(CN2CCc3cc(-c4c(C)nc(C)c(CC(=O)O)c4N4CCC(C)(C)CC4)ccc3C2)cc1. The molecule has 2 aliphatic rings. The summed E-state index contributed by atoms with van der Waals surface area (Å²) in [5.74, 6) is -0.803. The quantitative estimate of drug-likeness (QED) is 0.410. The maximum absolute atomic E-state index is 11.9. The normalized spacial score (nSPS) is 17.3. The Kier molecular flexibility index (Phi) is 7.32. The standard InChI is InChI=1S/C33H41N3O2/c1-22-6-8-25(9-7-22)20-35-15-12-26-18-27(10-11-28(26)21-35)31-24(3)34-23(2)29(19-30(37)38)32(31)36-16-13-33(4,5)14-17-36/h6-11,18H,12-17,19-21H2,1-5H3,(H,37,38). The third kappa shape index (κ3) is 5.63. The number of nitrogens with zero attached hydrogens (tertiary/aromatic N) is 3. The van der Waals surface area contributed by atoms with E-state index in [1.54, 1.807) is 0 Å². The Bertz CT molecular complexity index is 1330. The van der Waals surface area contributed by atoms with Crippen LogP contribution in [0.2, 0.25) is 0 Å². The number of pyridine rings is 1. The molecule has 38 heavy (non-hydrogen) atoms. The molecule has 1 fully saturated rings. The second-order valence-electron chi connectivity index (χ2n) is 12.1. The predicted octanol–water partition coefficient (Wildman–Crippen LogP) is 6.49. The second kappa shape index (κ2) is 10.5. The monoisotopic (exact) mass is 511 g/mol. The molecule has 0 spiro atoms. The minimum absolute atomic E-state index is 0.000249. The van der Waals surface area contributed by atoms with Crippen molar-refractivity contribution in [3.8, 4) is 11.1 Å². The number of carboxylic acids is 1. The highest BCUT2D eigenvalue weighted by Gasteiger charge is 2.30. The van der Waals surface area contributed by atoms with E-state index >= 15 is 0 Å². The number of aromatic nitrogens is 1. The first kappa shape index (κ1) is 26.4. The number of aryl methyl sites for hydroxylation is 3. The molecule has 5 nitrogen and oxygen atoms in total. The fourth-order valence-corrected chi connectivity index (χ4v) is 6.12. The molecule has 1 saturated heterocycles. The maximum Gasteiger partial charge on any atom is 0.307 e. The molecule has 1 N–H and O–H groups in total. The van der Waals surface area contributed by atoms with Crippen LogP contribution in [0.4, 0.5) is 5.69 Å². The summed E-state index contributed by atoms with van der Waals surface area (Å²) in [4.78, 5) is 21.7. The number of benzene rings is 2. The van der Waals surface area contributed by atoms with Crippen LogP contribution in [0.1, 0.15) is 65.9 Å². The highest BCUT2D eigenvalue weighted by Crippen LogP contribution is 2.42. The average Bonchev–Trinajstić information content (AvgIpc) is 2.86. The highest BCUT2D eigenvalue weighted by molar-refractivity contribution is 5.86. The number of anilines is 1. The third-order valence-corrected chi connectivity index (χ3v) is 8.53. The van der Waals surface area contributed by atoms with E-state index in [9.17, 15) is 9.90 Å². The van der Waals surface area contributed by atoms with Gasteiger partial charge < -0.3 is 10.0 Å². The molecule has 0 bridgehead atoms. The average molecular weight is 512 g/mol. The van der Waals surface area contributed by atoms with E-state index in [0.717, 1.165) is 85.8 Å². The lowest BCUT2D eigenvalue weighted by Gasteiger charge is -2.40. The summed E-state index contributed by atoms with van der Waals surface area (Å²) in [5.41, 5.74) is 11.8. The Morgan fingerprint density at radius 3 is 2.34 bits per heavy atom. The molecule has 0 unspecified atom stereocenters. The fourth-order valence-electron chi connectivity index (χ4n) is 6.12. The Balaban J connectivity index is 1.49. The zero-order chi connectivity index (χ0) is 27.0. The Hall–Kier alpha value is -3.18. The molecule has 0 radical (unpaired) electrons. The number of fused-ring (bicyclic) bond motifs is 1. The molecule has 2 aromatic carbocycles. The minimum atomic E-state index is -0.803. The van der Waals surface area contributed by atoms with E-state index in [0.29, 0.717) is 5.41 Å². The number of hydrogen-bond donors (Lipinski definition) is 1. The Labute approximate surface area is 227 Å². The van der Waals surface area contributed by atoms with Crippen molar-refractivity contribution in [1.29, 1.82) is 0 Å². The van der Waals surface area contributed by atoms with Gasteiger partial charge in [-0.2, -0.15) is 0 Å². The lowest BCUT2D eigenvalue weighted by molar-refractivity contribution is -0.136. The number of carbonyl (C=O) groups is 1. The van der Waals surface area contributed by atoms with Gasteiger partial charge in [0.15, 0.2) is 0 Å². The molecule has 0 amide bonds. The predicted molar refractivity (Wildman–Crippen MR) is 155 cm³/mol. The molecule has 1 aromatic heterocycles. The second-order valence-corrected chi connectivity index (χ2v) is 12.1. The highest BCUT2D eigenvalue weighted by atomic mass is 16.4. The lowest BCUT2D eigenvalue weighted by atomic mass is 9.82. The van der Waals surface area contributed by atoms with Crippen molar-refractivity contribution in [3.05, 3.63) is 81.7 Å². The van der Waals surface area contributed by atoms with Crippen molar-refractivity contribution in [1.82, 2.24) is 9.88 Å². The van der Waals surface area contributed by atoms with Gasteiger partial charge >= 0.3 is 5.97 Å². The first-order valence-corrected chi connectivity index (χ1v) is 14.0. The summed E-state index contributed by atoms with van der Waals surface area (Å²) in [6, 6.07) is 15.7. The van der Waals surface area contributed by atoms with Crippen molar-refractivity contribution in [2.45, 2.75) is 73.4 Å². The first-order valence-electron chi connectivity index (χ1n) is 14.0. The van der Waals surface area contributed by atoms with Crippen LogP contribution >= 0.6 is 0 Å².